The molecule has 5 nitrogen and oxygen atoms in total. The zero-order chi connectivity index (χ0) is 19.3. The zero-order valence-corrected chi connectivity index (χ0v) is 16.7. The van der Waals surface area contributed by atoms with Crippen molar-refractivity contribution in [2.24, 2.45) is 11.8 Å². The van der Waals surface area contributed by atoms with Crippen molar-refractivity contribution >= 4 is 16.8 Å². The molecule has 3 aliphatic rings. The van der Waals surface area contributed by atoms with Gasteiger partial charge in [0.1, 0.15) is 0 Å². The van der Waals surface area contributed by atoms with Crippen LogP contribution in [0.1, 0.15) is 37.0 Å². The Hall–Kier alpha value is -2.11. The number of hydrogen-bond acceptors (Lipinski definition) is 3. The largest absolute Gasteiger partial charge is 0.370 e. The molecule has 0 saturated carbocycles. The number of nitrogens with zero attached hydrogens (tertiary/aromatic N) is 1. The maximum absolute atomic E-state index is 12.8. The molecule has 1 amide bonds. The van der Waals surface area contributed by atoms with E-state index < -0.39 is 0 Å². The van der Waals surface area contributed by atoms with Gasteiger partial charge in [-0.15, -0.1) is 0 Å². The van der Waals surface area contributed by atoms with E-state index in [1.165, 1.54) is 12.0 Å². The summed E-state index contributed by atoms with van der Waals surface area (Å²) in [6.07, 6.45) is 6.72. The van der Waals surface area contributed by atoms with Crippen LogP contribution >= 0.6 is 0 Å². The van der Waals surface area contributed by atoms with E-state index in [4.69, 9.17) is 4.74 Å². The second kappa shape index (κ2) is 6.75. The topological polar surface area (TPSA) is 57.4 Å². The Morgan fingerprint density at radius 2 is 2.25 bits per heavy atom. The third-order valence-electron chi connectivity index (χ3n) is 6.94. The summed E-state index contributed by atoms with van der Waals surface area (Å²) in [6.45, 7) is 8.12. The number of H-pyrrole nitrogens is 1. The second-order valence-electron chi connectivity index (χ2n) is 8.96. The molecule has 5 rings (SSSR count). The number of ether oxygens (including phenoxy) is 1. The van der Waals surface area contributed by atoms with Gasteiger partial charge in [-0.25, -0.2) is 0 Å². The summed E-state index contributed by atoms with van der Waals surface area (Å²) in [5, 5.41) is 4.19. The van der Waals surface area contributed by atoms with Gasteiger partial charge in [0.15, 0.2) is 0 Å². The van der Waals surface area contributed by atoms with E-state index in [0.717, 1.165) is 42.5 Å². The first kappa shape index (κ1) is 18.0. The number of likely N-dealkylation sites (tertiary alicyclic amines) is 1. The third-order valence-corrected chi connectivity index (χ3v) is 6.94. The summed E-state index contributed by atoms with van der Waals surface area (Å²) in [4.78, 5) is 18.5. The Morgan fingerprint density at radius 1 is 1.39 bits per heavy atom. The highest BCUT2D eigenvalue weighted by molar-refractivity contribution is 6.06. The van der Waals surface area contributed by atoms with Gasteiger partial charge in [0.2, 0.25) is 0 Å². The molecule has 148 valence electrons. The van der Waals surface area contributed by atoms with Crippen LogP contribution in [0.5, 0.6) is 0 Å². The first-order valence-corrected chi connectivity index (χ1v) is 10.4. The fourth-order valence-electron chi connectivity index (χ4n) is 5.58. The Balaban J connectivity index is 1.27. The average molecular weight is 380 g/mol. The quantitative estimate of drug-likeness (QED) is 0.784. The van der Waals surface area contributed by atoms with E-state index in [0.29, 0.717) is 24.5 Å². The molecule has 3 fully saturated rings. The van der Waals surface area contributed by atoms with Gasteiger partial charge in [0, 0.05) is 55.1 Å². The standard InChI is InChI=1S/C23H29N3O2/c1-15(2)8-10-26-13-19-18(21-7-9-23(19,14-26)28-21)12-25-22(27)17-11-24-20-6-4-3-5-16(17)20/h3-6,8,11,18-19,21,24H,7,9-10,12-14H2,1-2H3,(H,25,27)/t18-,19+,21+,23+/m0/s1. The first-order valence-electron chi connectivity index (χ1n) is 10.4. The number of carbonyl (C=O) groups is 1. The van der Waals surface area contributed by atoms with Crippen LogP contribution in [0.15, 0.2) is 42.1 Å². The van der Waals surface area contributed by atoms with Gasteiger partial charge in [0.05, 0.1) is 17.3 Å². The van der Waals surface area contributed by atoms with Crippen molar-refractivity contribution in [3.63, 3.8) is 0 Å². The summed E-state index contributed by atoms with van der Waals surface area (Å²) in [7, 11) is 0. The van der Waals surface area contributed by atoms with E-state index in [1.54, 1.807) is 0 Å². The maximum atomic E-state index is 12.8. The monoisotopic (exact) mass is 379 g/mol. The zero-order valence-electron chi connectivity index (χ0n) is 16.7. The number of fused-ring (bicyclic) bond motifs is 2. The molecule has 5 heteroatoms. The molecule has 4 atom stereocenters. The molecule has 2 N–H and O–H groups in total. The molecule has 2 bridgehead atoms. The van der Waals surface area contributed by atoms with Crippen LogP contribution in [0.3, 0.4) is 0 Å². The number of rotatable bonds is 5. The fourth-order valence-corrected chi connectivity index (χ4v) is 5.58. The highest BCUT2D eigenvalue weighted by Gasteiger charge is 2.62. The van der Waals surface area contributed by atoms with Gasteiger partial charge in [-0.1, -0.05) is 29.8 Å². The number of allylic oxidation sites excluding steroid dienone is 1. The molecule has 3 aliphatic heterocycles. The van der Waals surface area contributed by atoms with Crippen molar-refractivity contribution in [3.8, 4) is 0 Å². The van der Waals surface area contributed by atoms with Crippen LogP contribution in [0.2, 0.25) is 0 Å². The number of para-hydroxylation sites is 1. The lowest BCUT2D eigenvalue weighted by molar-refractivity contribution is 0.00364. The predicted molar refractivity (Wildman–Crippen MR) is 110 cm³/mol. The van der Waals surface area contributed by atoms with Crippen molar-refractivity contribution in [1.82, 2.24) is 15.2 Å². The maximum Gasteiger partial charge on any atom is 0.253 e. The highest BCUT2D eigenvalue weighted by Crippen LogP contribution is 2.54. The normalized spacial score (nSPS) is 31.3. The highest BCUT2D eigenvalue weighted by atomic mass is 16.5. The molecule has 1 aromatic carbocycles. The van der Waals surface area contributed by atoms with Gasteiger partial charge in [-0.3, -0.25) is 9.69 Å². The molecule has 28 heavy (non-hydrogen) atoms. The van der Waals surface area contributed by atoms with Crippen molar-refractivity contribution < 1.29 is 9.53 Å². The molecule has 3 saturated heterocycles. The number of amides is 1. The number of nitrogens with one attached hydrogen (secondary N) is 2. The summed E-state index contributed by atoms with van der Waals surface area (Å²) in [5.41, 5.74) is 3.12. The van der Waals surface area contributed by atoms with E-state index in [9.17, 15) is 4.79 Å². The second-order valence-corrected chi connectivity index (χ2v) is 8.96. The molecule has 0 radical (unpaired) electrons. The molecular weight excluding hydrogens is 350 g/mol. The lowest BCUT2D eigenvalue weighted by Gasteiger charge is -2.29. The van der Waals surface area contributed by atoms with Gasteiger partial charge in [-0.2, -0.15) is 0 Å². The molecule has 0 unspecified atom stereocenters. The van der Waals surface area contributed by atoms with E-state index in [1.807, 2.05) is 30.5 Å². The average Bonchev–Trinajstić information content (AvgIpc) is 3.42. The van der Waals surface area contributed by atoms with Crippen molar-refractivity contribution in [2.75, 3.05) is 26.2 Å². The Morgan fingerprint density at radius 3 is 3.11 bits per heavy atom. The fraction of sp³-hybridized carbons (Fsp3) is 0.522. The summed E-state index contributed by atoms with van der Waals surface area (Å²) in [5.74, 6) is 0.952. The van der Waals surface area contributed by atoms with Crippen molar-refractivity contribution in [1.29, 1.82) is 0 Å². The van der Waals surface area contributed by atoms with E-state index in [-0.39, 0.29) is 11.5 Å². The minimum atomic E-state index is 0.00803. The van der Waals surface area contributed by atoms with E-state index in [2.05, 4.69) is 35.1 Å². The van der Waals surface area contributed by atoms with Gasteiger partial charge in [-0.05, 0) is 32.8 Å². The number of hydrogen-bond donors (Lipinski definition) is 2. The van der Waals surface area contributed by atoms with Crippen LogP contribution < -0.4 is 5.32 Å². The summed E-state index contributed by atoms with van der Waals surface area (Å²) in [6, 6.07) is 7.95. The minimum absolute atomic E-state index is 0.00803. The summed E-state index contributed by atoms with van der Waals surface area (Å²) < 4.78 is 6.51. The Bertz CT molecular complexity index is 929. The molecule has 2 aromatic rings. The van der Waals surface area contributed by atoms with Crippen molar-refractivity contribution in [3.05, 3.63) is 47.7 Å². The number of aromatic nitrogens is 1. The smallest absolute Gasteiger partial charge is 0.253 e. The number of benzene rings is 1. The lowest BCUT2D eigenvalue weighted by Crippen LogP contribution is -2.41. The Labute approximate surface area is 166 Å². The Kier molecular flexibility index (Phi) is 4.33. The van der Waals surface area contributed by atoms with Gasteiger partial charge in [0.25, 0.3) is 5.91 Å². The molecule has 4 heterocycles. The van der Waals surface area contributed by atoms with Crippen LogP contribution in [0.4, 0.5) is 0 Å². The summed E-state index contributed by atoms with van der Waals surface area (Å²) >= 11 is 0. The van der Waals surface area contributed by atoms with Gasteiger partial charge < -0.3 is 15.0 Å². The minimum Gasteiger partial charge on any atom is -0.370 e. The number of carbonyl (C=O) groups excluding carboxylic acids is 1. The molecule has 0 aliphatic carbocycles. The van der Waals surface area contributed by atoms with Crippen molar-refractivity contribution in [2.45, 2.75) is 38.4 Å². The van der Waals surface area contributed by atoms with Crippen LogP contribution in [0.25, 0.3) is 10.9 Å². The van der Waals surface area contributed by atoms with Crippen LogP contribution in [-0.2, 0) is 4.74 Å². The third kappa shape index (κ3) is 2.88. The molecule has 1 aromatic heterocycles. The lowest BCUT2D eigenvalue weighted by atomic mass is 9.73. The predicted octanol–water partition coefficient (Wildman–Crippen LogP) is 3.34. The first-order chi connectivity index (χ1) is 13.6. The van der Waals surface area contributed by atoms with Crippen LogP contribution in [0, 0.1) is 11.8 Å². The van der Waals surface area contributed by atoms with Crippen LogP contribution in [-0.4, -0.2) is 53.7 Å². The SMILES string of the molecule is CC(C)=CCN1C[C@@H]2[C@H](CNC(=O)c3c[nH]c4ccccc34)[C@H]3CC[C@]2(C1)O3. The van der Waals surface area contributed by atoms with Gasteiger partial charge >= 0.3 is 0 Å². The molecule has 1 spiro atoms. The molecular formula is C23H29N3O2. The van der Waals surface area contributed by atoms with E-state index >= 15 is 0 Å². The number of aromatic amines is 1.